The third-order valence-electron chi connectivity index (χ3n) is 2.39. The predicted octanol–water partition coefficient (Wildman–Crippen LogP) is 2.10. The van der Waals surface area contributed by atoms with Gasteiger partial charge >= 0.3 is 0 Å². The molecule has 0 saturated heterocycles. The van der Waals surface area contributed by atoms with E-state index in [9.17, 15) is 0 Å². The average molecular weight is 207 g/mol. The number of nitrogens with zero attached hydrogens (tertiary/aromatic N) is 3. The summed E-state index contributed by atoms with van der Waals surface area (Å²) in [5, 5.41) is 0.482. The van der Waals surface area contributed by atoms with E-state index in [1.54, 1.807) is 6.33 Å². The molecule has 5 heteroatoms. The minimum atomic E-state index is 0.482. The quantitative estimate of drug-likeness (QED) is 0.612. The number of fused-ring (bicyclic) bond motifs is 3. The lowest BCUT2D eigenvalue weighted by Crippen LogP contribution is -1.85. The highest BCUT2D eigenvalue weighted by atomic mass is 35.5. The van der Waals surface area contributed by atoms with Gasteiger partial charge in [-0.3, -0.25) is 0 Å². The van der Waals surface area contributed by atoms with Gasteiger partial charge in [-0.2, -0.15) is 0 Å². The van der Waals surface area contributed by atoms with E-state index in [0.29, 0.717) is 5.28 Å². The molecule has 0 fully saturated rings. The second-order valence-corrected chi connectivity index (χ2v) is 3.51. The summed E-state index contributed by atoms with van der Waals surface area (Å²) >= 11 is 5.93. The van der Waals surface area contributed by atoms with Crippen molar-refractivity contribution in [1.82, 2.24) is 19.5 Å². The van der Waals surface area contributed by atoms with Gasteiger partial charge in [0.1, 0.15) is 11.0 Å². The van der Waals surface area contributed by atoms with Crippen LogP contribution in [-0.2, 0) is 7.05 Å². The van der Waals surface area contributed by atoms with Gasteiger partial charge in [0.2, 0.25) is 5.28 Å². The molecule has 3 aromatic rings. The fourth-order valence-electron chi connectivity index (χ4n) is 1.63. The molecule has 0 spiro atoms. The fourth-order valence-corrected chi connectivity index (χ4v) is 1.81. The molecule has 0 radical (unpaired) electrons. The van der Waals surface area contributed by atoms with Gasteiger partial charge in [-0.05, 0) is 23.7 Å². The molecule has 70 valence electrons. The number of H-pyrrole nitrogens is 1. The first-order valence-corrected chi connectivity index (χ1v) is 4.59. The van der Waals surface area contributed by atoms with Crippen LogP contribution in [0.3, 0.4) is 0 Å². The summed E-state index contributed by atoms with van der Waals surface area (Å²) in [7, 11) is 1.89. The standard InChI is InChI=1S/C9H7ClN4/c1-14-6-3-2-5-7(12-4-11-5)8(6)13-9(14)10/h2-4H,1H3,(H,11,12). The summed E-state index contributed by atoms with van der Waals surface area (Å²) in [5.74, 6) is 0. The molecule has 0 bridgehead atoms. The van der Waals surface area contributed by atoms with Crippen molar-refractivity contribution in [2.45, 2.75) is 0 Å². The van der Waals surface area contributed by atoms with Crippen LogP contribution in [0.1, 0.15) is 0 Å². The van der Waals surface area contributed by atoms with E-state index in [4.69, 9.17) is 11.6 Å². The van der Waals surface area contributed by atoms with Gasteiger partial charge in [0.05, 0.1) is 17.4 Å². The van der Waals surface area contributed by atoms with Crippen LogP contribution < -0.4 is 0 Å². The first kappa shape index (κ1) is 7.82. The number of halogens is 1. The van der Waals surface area contributed by atoms with Crippen molar-refractivity contribution in [2.75, 3.05) is 0 Å². The number of hydrogen-bond donors (Lipinski definition) is 1. The summed E-state index contributed by atoms with van der Waals surface area (Å²) in [5.41, 5.74) is 3.68. The molecule has 2 aromatic heterocycles. The van der Waals surface area contributed by atoms with E-state index >= 15 is 0 Å². The van der Waals surface area contributed by atoms with Gasteiger partial charge in [0.25, 0.3) is 0 Å². The average Bonchev–Trinajstić information content (AvgIpc) is 2.73. The Morgan fingerprint density at radius 2 is 2.21 bits per heavy atom. The Balaban J connectivity index is 2.63. The zero-order valence-electron chi connectivity index (χ0n) is 7.45. The number of aryl methyl sites for hydroxylation is 1. The third kappa shape index (κ3) is 0.834. The molecule has 0 atom stereocenters. The highest BCUT2D eigenvalue weighted by Crippen LogP contribution is 2.24. The number of benzene rings is 1. The van der Waals surface area contributed by atoms with Crippen LogP contribution in [0.4, 0.5) is 0 Å². The molecule has 0 amide bonds. The van der Waals surface area contributed by atoms with Crippen LogP contribution in [0.25, 0.3) is 22.1 Å². The number of aromatic amines is 1. The van der Waals surface area contributed by atoms with Crippen LogP contribution in [0.5, 0.6) is 0 Å². The molecular weight excluding hydrogens is 200 g/mol. The van der Waals surface area contributed by atoms with Crippen molar-refractivity contribution in [3.8, 4) is 0 Å². The topological polar surface area (TPSA) is 46.5 Å². The van der Waals surface area contributed by atoms with E-state index in [1.807, 2.05) is 23.7 Å². The van der Waals surface area contributed by atoms with Crippen molar-refractivity contribution >= 4 is 33.7 Å². The molecule has 0 unspecified atom stereocenters. The van der Waals surface area contributed by atoms with Crippen LogP contribution in [0.15, 0.2) is 18.5 Å². The Hall–Kier alpha value is -1.55. The molecule has 2 heterocycles. The molecule has 4 nitrogen and oxygen atoms in total. The van der Waals surface area contributed by atoms with Crippen LogP contribution >= 0.6 is 11.6 Å². The lowest BCUT2D eigenvalue weighted by Gasteiger charge is -1.94. The van der Waals surface area contributed by atoms with Crippen LogP contribution in [0, 0.1) is 0 Å². The van der Waals surface area contributed by atoms with E-state index in [0.717, 1.165) is 22.1 Å². The van der Waals surface area contributed by atoms with Crippen molar-refractivity contribution < 1.29 is 0 Å². The summed E-state index contributed by atoms with van der Waals surface area (Å²) in [6, 6.07) is 3.96. The van der Waals surface area contributed by atoms with Gasteiger partial charge in [-0.15, -0.1) is 0 Å². The van der Waals surface area contributed by atoms with Crippen molar-refractivity contribution in [3.05, 3.63) is 23.7 Å². The monoisotopic (exact) mass is 206 g/mol. The highest BCUT2D eigenvalue weighted by molar-refractivity contribution is 6.29. The lowest BCUT2D eigenvalue weighted by atomic mass is 10.2. The van der Waals surface area contributed by atoms with Crippen LogP contribution in [-0.4, -0.2) is 19.5 Å². The maximum atomic E-state index is 5.93. The van der Waals surface area contributed by atoms with Gasteiger partial charge in [0.15, 0.2) is 0 Å². The van der Waals surface area contributed by atoms with Gasteiger partial charge in [-0.1, -0.05) is 0 Å². The number of hydrogen-bond acceptors (Lipinski definition) is 2. The Labute approximate surface area is 84.5 Å². The Bertz CT molecular complexity index is 622. The number of imidazole rings is 2. The van der Waals surface area contributed by atoms with Crippen molar-refractivity contribution in [2.24, 2.45) is 7.05 Å². The molecule has 0 aliphatic heterocycles. The molecule has 1 N–H and O–H groups in total. The van der Waals surface area contributed by atoms with Gasteiger partial charge in [0, 0.05) is 7.05 Å². The summed E-state index contributed by atoms with van der Waals surface area (Å²) < 4.78 is 1.84. The van der Waals surface area contributed by atoms with Crippen molar-refractivity contribution in [1.29, 1.82) is 0 Å². The lowest BCUT2D eigenvalue weighted by molar-refractivity contribution is 0.949. The second kappa shape index (κ2) is 2.48. The Morgan fingerprint density at radius 1 is 1.36 bits per heavy atom. The number of nitrogens with one attached hydrogen (secondary N) is 1. The normalized spacial score (nSPS) is 11.6. The minimum Gasteiger partial charge on any atom is -0.345 e. The maximum Gasteiger partial charge on any atom is 0.203 e. The smallest absolute Gasteiger partial charge is 0.203 e. The van der Waals surface area contributed by atoms with Gasteiger partial charge < -0.3 is 9.55 Å². The SMILES string of the molecule is Cn1c(Cl)nc2c3nc[nH]c3ccc21. The molecular formula is C9H7ClN4. The highest BCUT2D eigenvalue weighted by Gasteiger charge is 2.09. The maximum absolute atomic E-state index is 5.93. The number of rotatable bonds is 0. The number of aromatic nitrogens is 4. The van der Waals surface area contributed by atoms with Crippen LogP contribution in [0.2, 0.25) is 5.28 Å². The minimum absolute atomic E-state index is 0.482. The Kier molecular flexibility index (Phi) is 1.39. The Morgan fingerprint density at radius 3 is 3.07 bits per heavy atom. The predicted molar refractivity (Wildman–Crippen MR) is 55.4 cm³/mol. The van der Waals surface area contributed by atoms with Gasteiger partial charge in [-0.25, -0.2) is 9.97 Å². The molecule has 0 saturated carbocycles. The molecule has 14 heavy (non-hydrogen) atoms. The molecule has 0 aliphatic carbocycles. The van der Waals surface area contributed by atoms with E-state index < -0.39 is 0 Å². The van der Waals surface area contributed by atoms with E-state index in [1.165, 1.54) is 0 Å². The second-order valence-electron chi connectivity index (χ2n) is 3.17. The third-order valence-corrected chi connectivity index (χ3v) is 2.72. The zero-order valence-corrected chi connectivity index (χ0v) is 8.21. The zero-order chi connectivity index (χ0) is 9.71. The summed E-state index contributed by atoms with van der Waals surface area (Å²) in [4.78, 5) is 11.5. The molecule has 0 aliphatic rings. The fraction of sp³-hybridized carbons (Fsp3) is 0.111. The first-order chi connectivity index (χ1) is 6.77. The summed E-state index contributed by atoms with van der Waals surface area (Å²) in [6.07, 6.45) is 1.66. The molecule has 1 aromatic carbocycles. The first-order valence-electron chi connectivity index (χ1n) is 4.21. The van der Waals surface area contributed by atoms with E-state index in [2.05, 4.69) is 15.0 Å². The van der Waals surface area contributed by atoms with E-state index in [-0.39, 0.29) is 0 Å². The largest absolute Gasteiger partial charge is 0.345 e. The summed E-state index contributed by atoms with van der Waals surface area (Å²) in [6.45, 7) is 0. The molecule has 3 rings (SSSR count). The van der Waals surface area contributed by atoms with Crippen molar-refractivity contribution in [3.63, 3.8) is 0 Å².